The smallest absolute Gasteiger partial charge is 0.406 e. The first-order valence-electron chi connectivity index (χ1n) is 16.0. The lowest BCUT2D eigenvalue weighted by Gasteiger charge is -2.46. The number of aromatic amines is 1. The highest BCUT2D eigenvalue weighted by molar-refractivity contribution is 6.46. The Morgan fingerprint density at radius 1 is 1.06 bits per heavy atom. The molecule has 1 aliphatic heterocycles. The predicted octanol–water partition coefficient (Wildman–Crippen LogP) is 6.77. The van der Waals surface area contributed by atoms with Gasteiger partial charge in [-0.25, -0.2) is 0 Å². The van der Waals surface area contributed by atoms with Gasteiger partial charge in [-0.1, -0.05) is 52.0 Å². The summed E-state index contributed by atoms with van der Waals surface area (Å²) in [5, 5.41) is 16.3. The Morgan fingerprint density at radius 3 is 2.28 bits per heavy atom. The molecule has 2 aromatic carbocycles. The van der Waals surface area contributed by atoms with Gasteiger partial charge in [0.2, 0.25) is 0 Å². The monoisotopic (exact) mass is 653 g/mol. The molecule has 2 heterocycles. The van der Waals surface area contributed by atoms with E-state index in [0.29, 0.717) is 48.0 Å². The Labute approximate surface area is 272 Å². The molecule has 10 nitrogen and oxygen atoms in total. The van der Waals surface area contributed by atoms with E-state index in [9.17, 15) is 22.8 Å². The zero-order valence-electron chi connectivity index (χ0n) is 27.4. The minimum atomic E-state index is -4.82. The molecule has 3 aromatic rings. The fourth-order valence-electron chi connectivity index (χ4n) is 6.56. The van der Waals surface area contributed by atoms with Crippen molar-refractivity contribution in [2.75, 3.05) is 0 Å². The number of nitrogens with one attached hydrogen (secondary N) is 2. The standard InChI is InChI=1S/C34H42F3N7O3/c1-21(2)22-14-18-33(19-15-22)39-29(24-10-12-26(13-11-24)47-34(35,36)37)31(46)44(33)27(16-17-32(3,4)5)23-6-8-25(9-7-23)30(45)38-20-28-40-42-43-41-28/h6-13,21-22,27H,14-20H2,1-5H3,(H,38,45)(H,40,41,42,43)/t22?,27-,33?/m1/s1. The van der Waals surface area contributed by atoms with E-state index in [-0.39, 0.29) is 41.3 Å². The summed E-state index contributed by atoms with van der Waals surface area (Å²) in [5.41, 5.74) is 1.21. The summed E-state index contributed by atoms with van der Waals surface area (Å²) in [6.45, 7) is 11.0. The minimum Gasteiger partial charge on any atom is -0.406 e. The van der Waals surface area contributed by atoms with E-state index in [1.165, 1.54) is 24.3 Å². The molecule has 13 heteroatoms. The summed E-state index contributed by atoms with van der Waals surface area (Å²) in [4.78, 5) is 34.5. The Hall–Kier alpha value is -4.29. The van der Waals surface area contributed by atoms with Crippen molar-refractivity contribution >= 4 is 17.5 Å². The zero-order chi connectivity index (χ0) is 34.0. The van der Waals surface area contributed by atoms with Crippen LogP contribution in [0.2, 0.25) is 0 Å². The number of ether oxygens (including phenoxy) is 1. The average Bonchev–Trinajstić information content (AvgIpc) is 3.63. The number of rotatable bonds is 10. The molecule has 1 aliphatic carbocycles. The van der Waals surface area contributed by atoms with Crippen molar-refractivity contribution in [3.05, 3.63) is 71.0 Å². The van der Waals surface area contributed by atoms with Gasteiger partial charge in [0.25, 0.3) is 11.8 Å². The van der Waals surface area contributed by atoms with Crippen LogP contribution >= 0.6 is 0 Å². The number of tetrazole rings is 1. The maximum atomic E-state index is 14.5. The van der Waals surface area contributed by atoms with Gasteiger partial charge in [-0.2, -0.15) is 5.21 Å². The molecule has 2 aliphatic rings. The van der Waals surface area contributed by atoms with Gasteiger partial charge in [0.05, 0.1) is 12.6 Å². The van der Waals surface area contributed by atoms with Crippen molar-refractivity contribution in [2.45, 2.75) is 97.8 Å². The molecule has 1 spiro atoms. The van der Waals surface area contributed by atoms with Crippen LogP contribution in [0.1, 0.15) is 106 Å². The molecule has 2 N–H and O–H groups in total. The maximum Gasteiger partial charge on any atom is 0.573 e. The number of hydrogen-bond donors (Lipinski definition) is 2. The molecule has 2 amide bonds. The number of nitrogens with zero attached hydrogens (tertiary/aromatic N) is 5. The first-order chi connectivity index (χ1) is 22.1. The average molecular weight is 654 g/mol. The van der Waals surface area contributed by atoms with Gasteiger partial charge < -0.3 is 15.0 Å². The third-order valence-corrected chi connectivity index (χ3v) is 9.16. The highest BCUT2D eigenvalue weighted by atomic mass is 19.4. The largest absolute Gasteiger partial charge is 0.573 e. The number of alkyl halides is 3. The number of aliphatic imine (C=N–C) groups is 1. The van der Waals surface area contributed by atoms with Gasteiger partial charge in [0.15, 0.2) is 5.82 Å². The van der Waals surface area contributed by atoms with Crippen LogP contribution in [0.25, 0.3) is 0 Å². The van der Waals surface area contributed by atoms with Crippen LogP contribution < -0.4 is 10.1 Å². The molecule has 47 heavy (non-hydrogen) atoms. The van der Waals surface area contributed by atoms with Gasteiger partial charge in [0, 0.05) is 11.1 Å². The van der Waals surface area contributed by atoms with Crippen LogP contribution in [-0.4, -0.2) is 55.1 Å². The lowest BCUT2D eigenvalue weighted by molar-refractivity contribution is -0.274. The van der Waals surface area contributed by atoms with Crippen molar-refractivity contribution in [3.8, 4) is 5.75 Å². The summed E-state index contributed by atoms with van der Waals surface area (Å²) in [6, 6.07) is 12.3. The normalized spacial score (nSPS) is 20.9. The number of H-pyrrole nitrogens is 1. The van der Waals surface area contributed by atoms with E-state index in [1.807, 2.05) is 17.0 Å². The molecule has 1 fully saturated rings. The van der Waals surface area contributed by atoms with Gasteiger partial charge in [-0.05, 0) is 97.7 Å². The second-order valence-electron chi connectivity index (χ2n) is 14.0. The summed E-state index contributed by atoms with van der Waals surface area (Å²) in [6.07, 6.45) is -0.161. The summed E-state index contributed by atoms with van der Waals surface area (Å²) in [7, 11) is 0. The highest BCUT2D eigenvalue weighted by Gasteiger charge is 2.52. The molecular formula is C34H42F3N7O3. The molecule has 1 aromatic heterocycles. The SMILES string of the molecule is CC(C)C1CCC2(CC1)N=C(c1ccc(OC(F)(F)F)cc1)C(=O)N2[C@H](CCC(C)(C)C)c1ccc(C(=O)NCc2nn[nH]n2)cc1. The Balaban J connectivity index is 1.48. The van der Waals surface area contributed by atoms with Crippen LogP contribution in [0.15, 0.2) is 53.5 Å². The maximum absolute atomic E-state index is 14.5. The van der Waals surface area contributed by atoms with Crippen LogP contribution in [0, 0.1) is 17.3 Å². The van der Waals surface area contributed by atoms with Crippen LogP contribution in [0.5, 0.6) is 5.75 Å². The number of benzene rings is 2. The van der Waals surface area contributed by atoms with E-state index in [4.69, 9.17) is 4.99 Å². The first-order valence-corrected chi connectivity index (χ1v) is 16.0. The fourth-order valence-corrected chi connectivity index (χ4v) is 6.56. The molecular weight excluding hydrogens is 611 g/mol. The number of carbonyl (C=O) groups excluding carboxylic acids is 2. The van der Waals surface area contributed by atoms with E-state index >= 15 is 0 Å². The second kappa shape index (κ2) is 13.4. The predicted molar refractivity (Wildman–Crippen MR) is 169 cm³/mol. The van der Waals surface area contributed by atoms with Gasteiger partial charge in [-0.3, -0.25) is 14.6 Å². The minimum absolute atomic E-state index is 0.0174. The van der Waals surface area contributed by atoms with Gasteiger partial charge in [0.1, 0.15) is 17.1 Å². The van der Waals surface area contributed by atoms with E-state index in [1.54, 1.807) is 12.1 Å². The lowest BCUT2D eigenvalue weighted by Crippen LogP contribution is -2.51. The van der Waals surface area contributed by atoms with E-state index < -0.39 is 12.0 Å². The first kappa shape index (κ1) is 34.1. The summed E-state index contributed by atoms with van der Waals surface area (Å²) in [5.74, 6) is 0.462. The molecule has 252 valence electrons. The number of amides is 2. The third-order valence-electron chi connectivity index (χ3n) is 9.16. The number of carbonyl (C=O) groups is 2. The van der Waals surface area contributed by atoms with Crippen molar-refractivity contribution in [3.63, 3.8) is 0 Å². The number of aromatic nitrogens is 4. The van der Waals surface area contributed by atoms with Crippen LogP contribution in [0.3, 0.4) is 0 Å². The molecule has 5 rings (SSSR count). The molecule has 0 bridgehead atoms. The van der Waals surface area contributed by atoms with Crippen LogP contribution in [0.4, 0.5) is 13.2 Å². The molecule has 0 radical (unpaired) electrons. The molecule has 0 saturated heterocycles. The van der Waals surface area contributed by atoms with E-state index in [0.717, 1.165) is 24.8 Å². The second-order valence-corrected chi connectivity index (χ2v) is 14.0. The van der Waals surface area contributed by atoms with Crippen molar-refractivity contribution in [1.29, 1.82) is 0 Å². The lowest BCUT2D eigenvalue weighted by atomic mass is 9.75. The van der Waals surface area contributed by atoms with Crippen molar-refractivity contribution < 1.29 is 27.5 Å². The number of halogens is 3. The Morgan fingerprint density at radius 2 is 1.72 bits per heavy atom. The van der Waals surface area contributed by atoms with Crippen molar-refractivity contribution in [1.82, 2.24) is 30.8 Å². The van der Waals surface area contributed by atoms with Gasteiger partial charge >= 0.3 is 6.36 Å². The highest BCUT2D eigenvalue weighted by Crippen LogP contribution is 2.48. The molecule has 1 atom stereocenters. The summed E-state index contributed by atoms with van der Waals surface area (Å²) < 4.78 is 42.5. The third kappa shape index (κ3) is 8.17. The Bertz CT molecular complexity index is 1560. The molecule has 0 unspecified atom stereocenters. The quantitative estimate of drug-likeness (QED) is 0.249. The Kier molecular flexibility index (Phi) is 9.74. The molecule has 1 saturated carbocycles. The van der Waals surface area contributed by atoms with E-state index in [2.05, 4.69) is 65.3 Å². The number of hydrogen-bond acceptors (Lipinski definition) is 7. The topological polar surface area (TPSA) is 125 Å². The summed E-state index contributed by atoms with van der Waals surface area (Å²) >= 11 is 0. The van der Waals surface area contributed by atoms with Crippen LogP contribution in [-0.2, 0) is 11.3 Å². The fraction of sp³-hybridized carbons (Fsp3) is 0.529. The van der Waals surface area contributed by atoms with Gasteiger partial charge in [-0.15, -0.1) is 23.4 Å². The zero-order valence-corrected chi connectivity index (χ0v) is 27.4. The van der Waals surface area contributed by atoms with Crippen molar-refractivity contribution in [2.24, 2.45) is 22.2 Å².